The fourth-order valence-electron chi connectivity index (χ4n) is 4.10. The second-order valence-corrected chi connectivity index (χ2v) is 8.03. The maximum Gasteiger partial charge on any atom is 0.232 e. The number of rotatable bonds is 6. The monoisotopic (exact) mass is 435 g/mol. The van der Waals surface area contributed by atoms with Gasteiger partial charge in [0.1, 0.15) is 0 Å². The normalized spacial score (nSPS) is 15.5. The fourth-order valence-corrected chi connectivity index (χ4v) is 4.30. The van der Waals surface area contributed by atoms with E-state index in [0.29, 0.717) is 36.2 Å². The second-order valence-electron chi connectivity index (χ2n) is 7.60. The molecule has 0 aromatic heterocycles. The first-order valence-corrected chi connectivity index (χ1v) is 11.0. The average Bonchev–Trinajstić information content (AvgIpc) is 2.75. The summed E-state index contributed by atoms with van der Waals surface area (Å²) in [6, 6.07) is 19.4. The molecule has 0 aliphatic carbocycles. The molecule has 1 aliphatic rings. The van der Waals surface area contributed by atoms with Crippen LogP contribution in [0.3, 0.4) is 0 Å². The number of carbonyl (C=O) groups is 1. The number of carbonyl (C=O) groups excluding carboxylic acids is 1. The van der Waals surface area contributed by atoms with Gasteiger partial charge in [0.05, 0.1) is 25.7 Å². The molecule has 1 atom stereocenters. The largest absolute Gasteiger partial charge is 0.490 e. The number of fused-ring (bicyclic) bond motifs is 1. The van der Waals surface area contributed by atoms with Crippen LogP contribution in [0.15, 0.2) is 60.7 Å². The third-order valence-corrected chi connectivity index (χ3v) is 5.68. The van der Waals surface area contributed by atoms with Crippen molar-refractivity contribution in [1.29, 1.82) is 0 Å². The molecule has 0 fully saturated rings. The highest BCUT2D eigenvalue weighted by Gasteiger charge is 2.36. The first-order valence-electron chi connectivity index (χ1n) is 10.6. The van der Waals surface area contributed by atoms with Crippen molar-refractivity contribution in [2.45, 2.75) is 33.2 Å². The summed E-state index contributed by atoms with van der Waals surface area (Å²) in [5.41, 5.74) is 4.93. The molecule has 1 amide bonds. The summed E-state index contributed by atoms with van der Waals surface area (Å²) in [7, 11) is 0. The minimum atomic E-state index is -0.312. The van der Waals surface area contributed by atoms with Gasteiger partial charge in [-0.25, -0.2) is 0 Å². The van der Waals surface area contributed by atoms with Crippen molar-refractivity contribution in [2.24, 2.45) is 0 Å². The van der Waals surface area contributed by atoms with Gasteiger partial charge in [-0.05, 0) is 73.9 Å². The minimum Gasteiger partial charge on any atom is -0.490 e. The van der Waals surface area contributed by atoms with Crippen molar-refractivity contribution in [2.75, 3.05) is 18.1 Å². The summed E-state index contributed by atoms with van der Waals surface area (Å²) < 4.78 is 11.7. The molecule has 1 aliphatic heterocycles. The van der Waals surface area contributed by atoms with Crippen LogP contribution in [0.1, 0.15) is 42.1 Å². The Balaban J connectivity index is 1.93. The minimum absolute atomic E-state index is 0.0351. The van der Waals surface area contributed by atoms with E-state index < -0.39 is 0 Å². The van der Waals surface area contributed by atoms with Gasteiger partial charge in [0, 0.05) is 10.7 Å². The van der Waals surface area contributed by atoms with E-state index in [1.54, 1.807) is 0 Å². The maximum absolute atomic E-state index is 13.4. The SMILES string of the molecule is CCOc1cc2c(cc1OCC)[C@@H](c1cccc(Cl)c1)N(c1ccc(C)cc1)C(=O)C2. The number of aryl methyl sites for hydroxylation is 1. The molecule has 0 saturated heterocycles. The molecule has 0 spiro atoms. The molecule has 5 heteroatoms. The summed E-state index contributed by atoms with van der Waals surface area (Å²) in [4.78, 5) is 15.3. The molecule has 3 aromatic rings. The van der Waals surface area contributed by atoms with Crippen molar-refractivity contribution in [3.8, 4) is 11.5 Å². The molecule has 1 heterocycles. The summed E-state index contributed by atoms with van der Waals surface area (Å²) in [5.74, 6) is 1.39. The van der Waals surface area contributed by atoms with E-state index in [0.717, 1.165) is 27.9 Å². The van der Waals surface area contributed by atoms with Crippen molar-refractivity contribution < 1.29 is 14.3 Å². The molecule has 3 aromatic carbocycles. The van der Waals surface area contributed by atoms with Crippen LogP contribution in [0, 0.1) is 6.92 Å². The molecule has 0 radical (unpaired) electrons. The Morgan fingerprint density at radius 2 is 1.65 bits per heavy atom. The zero-order chi connectivity index (χ0) is 22.0. The van der Waals surface area contributed by atoms with Crippen molar-refractivity contribution in [1.82, 2.24) is 0 Å². The van der Waals surface area contributed by atoms with Gasteiger partial charge in [-0.3, -0.25) is 4.79 Å². The zero-order valence-electron chi connectivity index (χ0n) is 18.0. The van der Waals surface area contributed by atoms with Gasteiger partial charge in [0.2, 0.25) is 5.91 Å². The van der Waals surface area contributed by atoms with E-state index in [1.807, 2.05) is 86.3 Å². The number of halogens is 1. The Morgan fingerprint density at radius 3 is 2.29 bits per heavy atom. The highest BCUT2D eigenvalue weighted by molar-refractivity contribution is 6.30. The Kier molecular flexibility index (Phi) is 6.19. The standard InChI is InChI=1S/C26H26ClNO3/c1-4-30-23-14-19-15-25(29)28(21-11-9-17(3)10-12-21)26(18-7-6-8-20(27)13-18)22(19)16-24(23)31-5-2/h6-14,16,26H,4-5,15H2,1-3H3/t26-/m1/s1. The van der Waals surface area contributed by atoms with Crippen LogP contribution < -0.4 is 14.4 Å². The van der Waals surface area contributed by atoms with Crippen molar-refractivity contribution >= 4 is 23.2 Å². The molecular formula is C26H26ClNO3. The van der Waals surface area contributed by atoms with Gasteiger partial charge in [-0.1, -0.05) is 41.4 Å². The Morgan fingerprint density at radius 1 is 0.968 bits per heavy atom. The van der Waals surface area contributed by atoms with E-state index in [1.165, 1.54) is 0 Å². The summed E-state index contributed by atoms with van der Waals surface area (Å²) in [6.45, 7) is 6.98. The first-order chi connectivity index (χ1) is 15.0. The van der Waals surface area contributed by atoms with Crippen molar-refractivity contribution in [3.63, 3.8) is 0 Å². The molecule has 31 heavy (non-hydrogen) atoms. The topological polar surface area (TPSA) is 38.8 Å². The molecule has 4 nitrogen and oxygen atoms in total. The molecule has 4 rings (SSSR count). The van der Waals surface area contributed by atoms with Crippen LogP contribution >= 0.6 is 11.6 Å². The second kappa shape index (κ2) is 9.03. The lowest BCUT2D eigenvalue weighted by atomic mass is 9.86. The fraction of sp³-hybridized carbons (Fsp3) is 0.269. The average molecular weight is 436 g/mol. The van der Waals surface area contributed by atoms with Crippen LogP contribution in [0.4, 0.5) is 5.69 Å². The third kappa shape index (κ3) is 4.26. The lowest BCUT2D eigenvalue weighted by Crippen LogP contribution is -2.41. The van der Waals surface area contributed by atoms with Gasteiger partial charge in [0.25, 0.3) is 0 Å². The van der Waals surface area contributed by atoms with Crippen molar-refractivity contribution in [3.05, 3.63) is 87.9 Å². The molecule has 160 valence electrons. The van der Waals surface area contributed by atoms with E-state index in [2.05, 4.69) is 0 Å². The van der Waals surface area contributed by atoms with Gasteiger partial charge in [-0.2, -0.15) is 0 Å². The molecule has 0 N–H and O–H groups in total. The van der Waals surface area contributed by atoms with Gasteiger partial charge < -0.3 is 14.4 Å². The number of anilines is 1. The zero-order valence-corrected chi connectivity index (χ0v) is 18.8. The lowest BCUT2D eigenvalue weighted by molar-refractivity contribution is -0.118. The predicted molar refractivity (Wildman–Crippen MR) is 124 cm³/mol. The smallest absolute Gasteiger partial charge is 0.232 e. The summed E-state index contributed by atoms with van der Waals surface area (Å²) in [5, 5.41) is 0.636. The number of hydrogen-bond acceptors (Lipinski definition) is 3. The number of ether oxygens (including phenoxy) is 2. The van der Waals surface area contributed by atoms with Crippen LogP contribution in [0.2, 0.25) is 5.02 Å². The highest BCUT2D eigenvalue weighted by Crippen LogP contribution is 2.43. The number of hydrogen-bond donors (Lipinski definition) is 0. The third-order valence-electron chi connectivity index (χ3n) is 5.44. The highest BCUT2D eigenvalue weighted by atomic mass is 35.5. The summed E-state index contributed by atoms with van der Waals surface area (Å²) in [6.07, 6.45) is 0.298. The maximum atomic E-state index is 13.4. The lowest BCUT2D eigenvalue weighted by Gasteiger charge is -2.38. The molecular weight excluding hydrogens is 410 g/mol. The van der Waals surface area contributed by atoms with E-state index in [4.69, 9.17) is 21.1 Å². The predicted octanol–water partition coefficient (Wildman–Crippen LogP) is 6.12. The van der Waals surface area contributed by atoms with E-state index in [-0.39, 0.29) is 11.9 Å². The van der Waals surface area contributed by atoms with Crippen LogP contribution in [0.25, 0.3) is 0 Å². The Bertz CT molecular complexity index is 1090. The first kappa shape index (κ1) is 21.3. The van der Waals surface area contributed by atoms with Gasteiger partial charge in [-0.15, -0.1) is 0 Å². The Labute approximate surface area is 188 Å². The van der Waals surface area contributed by atoms with E-state index >= 15 is 0 Å². The number of amides is 1. The number of benzene rings is 3. The quantitative estimate of drug-likeness (QED) is 0.467. The van der Waals surface area contributed by atoms with E-state index in [9.17, 15) is 4.79 Å². The van der Waals surface area contributed by atoms with Crippen LogP contribution in [0.5, 0.6) is 11.5 Å². The van der Waals surface area contributed by atoms with Crippen LogP contribution in [-0.2, 0) is 11.2 Å². The molecule has 0 bridgehead atoms. The van der Waals surface area contributed by atoms with Crippen LogP contribution in [-0.4, -0.2) is 19.1 Å². The molecule has 0 unspecified atom stereocenters. The summed E-state index contributed by atoms with van der Waals surface area (Å²) >= 11 is 6.34. The number of nitrogens with zero attached hydrogens (tertiary/aromatic N) is 1. The van der Waals surface area contributed by atoms with Gasteiger partial charge in [0.15, 0.2) is 11.5 Å². The molecule has 0 saturated carbocycles. The Hall–Kier alpha value is -2.98. The van der Waals surface area contributed by atoms with Gasteiger partial charge >= 0.3 is 0 Å².